The maximum atomic E-state index is 11.7. The predicted octanol–water partition coefficient (Wildman–Crippen LogP) is 2.69. The highest BCUT2D eigenvalue weighted by atomic mass is 16.5. The Hall–Kier alpha value is -3.03. The first kappa shape index (κ1) is 19.3. The molecule has 0 amide bonds. The summed E-state index contributed by atoms with van der Waals surface area (Å²) in [6.45, 7) is 7.19. The van der Waals surface area contributed by atoms with Crippen molar-refractivity contribution >= 4 is 5.97 Å². The minimum atomic E-state index is -0.669. The molecular weight excluding hydrogens is 368 g/mol. The van der Waals surface area contributed by atoms with Crippen LogP contribution in [0.1, 0.15) is 50.0 Å². The van der Waals surface area contributed by atoms with E-state index in [-0.39, 0.29) is 12.6 Å². The average Bonchev–Trinajstić information content (AvgIpc) is 3.30. The number of rotatable bonds is 6. The first-order valence-corrected chi connectivity index (χ1v) is 9.59. The third kappa shape index (κ3) is 3.79. The van der Waals surface area contributed by atoms with Gasteiger partial charge in [-0.3, -0.25) is 4.57 Å². The van der Waals surface area contributed by atoms with Crippen LogP contribution in [0.4, 0.5) is 0 Å². The highest BCUT2D eigenvalue weighted by Gasteiger charge is 2.25. The lowest BCUT2D eigenvalue weighted by Crippen LogP contribution is -2.22. The normalized spacial score (nSPS) is 14.0. The van der Waals surface area contributed by atoms with Gasteiger partial charge in [-0.25, -0.2) is 14.8 Å². The number of hydrogen-bond acceptors (Lipinski definition) is 6. The molecule has 150 valence electrons. The molecule has 1 unspecified atom stereocenters. The topological polar surface area (TPSA) is 89.3 Å². The van der Waals surface area contributed by atoms with Crippen LogP contribution >= 0.6 is 0 Å². The third-order valence-corrected chi connectivity index (χ3v) is 5.40. The number of nitrogens with zero attached hydrogens (tertiary/aromatic N) is 3. The standard InChI is InChI=1S/C22H24N4O3/c1-13-6-21(26-10-14(2)25-12-26)24-8-16(13)7-23-9-20(27)17-4-5-18-19(15(17)3)11-29-22(18)28/h4-6,8,10,12,20,23,27H,7,9,11H2,1-3H3. The van der Waals surface area contributed by atoms with Crippen LogP contribution in [0, 0.1) is 20.8 Å². The number of aryl methyl sites for hydroxylation is 2. The molecule has 0 spiro atoms. The van der Waals surface area contributed by atoms with Gasteiger partial charge in [0.2, 0.25) is 0 Å². The zero-order valence-corrected chi connectivity index (χ0v) is 16.8. The molecule has 7 heteroatoms. The monoisotopic (exact) mass is 392 g/mol. The van der Waals surface area contributed by atoms with E-state index in [1.165, 1.54) is 0 Å². The number of aromatic nitrogens is 3. The van der Waals surface area contributed by atoms with Gasteiger partial charge in [-0.05, 0) is 55.2 Å². The Morgan fingerprint density at radius 3 is 2.83 bits per heavy atom. The largest absolute Gasteiger partial charge is 0.457 e. The van der Waals surface area contributed by atoms with Crippen molar-refractivity contribution < 1.29 is 14.6 Å². The Morgan fingerprint density at radius 2 is 2.10 bits per heavy atom. The number of pyridine rings is 1. The van der Waals surface area contributed by atoms with Crippen molar-refractivity contribution in [3.8, 4) is 5.82 Å². The van der Waals surface area contributed by atoms with E-state index >= 15 is 0 Å². The van der Waals surface area contributed by atoms with Crippen LogP contribution < -0.4 is 5.32 Å². The number of nitrogens with one attached hydrogen (secondary N) is 1. The maximum Gasteiger partial charge on any atom is 0.338 e. The van der Waals surface area contributed by atoms with Crippen molar-refractivity contribution in [2.24, 2.45) is 0 Å². The summed E-state index contributed by atoms with van der Waals surface area (Å²) in [5.74, 6) is 0.539. The molecule has 7 nitrogen and oxygen atoms in total. The van der Waals surface area contributed by atoms with Gasteiger partial charge >= 0.3 is 5.97 Å². The number of esters is 1. The van der Waals surface area contributed by atoms with Gasteiger partial charge in [-0.1, -0.05) is 6.07 Å². The smallest absolute Gasteiger partial charge is 0.338 e. The summed E-state index contributed by atoms with van der Waals surface area (Å²) in [5, 5.41) is 13.9. The highest BCUT2D eigenvalue weighted by Crippen LogP contribution is 2.28. The molecule has 2 aromatic heterocycles. The first-order valence-electron chi connectivity index (χ1n) is 9.59. The fourth-order valence-electron chi connectivity index (χ4n) is 3.62. The van der Waals surface area contributed by atoms with Crippen molar-refractivity contribution in [2.75, 3.05) is 6.54 Å². The van der Waals surface area contributed by atoms with Crippen LogP contribution in [0.25, 0.3) is 5.82 Å². The van der Waals surface area contributed by atoms with Gasteiger partial charge in [-0.15, -0.1) is 0 Å². The minimum Gasteiger partial charge on any atom is -0.457 e. The van der Waals surface area contributed by atoms with Crippen LogP contribution in [0.2, 0.25) is 0 Å². The Kier molecular flexibility index (Phi) is 5.17. The van der Waals surface area contributed by atoms with Crippen molar-refractivity contribution in [1.29, 1.82) is 0 Å². The van der Waals surface area contributed by atoms with Gasteiger partial charge in [0.1, 0.15) is 18.8 Å². The number of imidazole rings is 1. The van der Waals surface area contributed by atoms with Gasteiger partial charge in [0.25, 0.3) is 0 Å². The number of carbonyl (C=O) groups is 1. The SMILES string of the molecule is Cc1cn(-c2cc(C)c(CNCC(O)c3ccc4c(c3C)COC4=O)cn2)cn1. The van der Waals surface area contributed by atoms with E-state index in [0.717, 1.165) is 39.3 Å². The molecule has 0 saturated carbocycles. The molecule has 0 fully saturated rings. The summed E-state index contributed by atoms with van der Waals surface area (Å²) < 4.78 is 6.98. The zero-order valence-electron chi connectivity index (χ0n) is 16.8. The van der Waals surface area contributed by atoms with E-state index in [9.17, 15) is 9.90 Å². The molecule has 1 atom stereocenters. The van der Waals surface area contributed by atoms with Gasteiger partial charge in [-0.2, -0.15) is 0 Å². The van der Waals surface area contributed by atoms with E-state index in [1.54, 1.807) is 12.4 Å². The zero-order chi connectivity index (χ0) is 20.5. The van der Waals surface area contributed by atoms with Gasteiger partial charge < -0.3 is 15.2 Å². The fraction of sp³-hybridized carbons (Fsp3) is 0.318. The summed E-state index contributed by atoms with van der Waals surface area (Å²) in [5.41, 5.74) is 6.34. The molecule has 0 radical (unpaired) electrons. The van der Waals surface area contributed by atoms with Crippen LogP contribution in [-0.4, -0.2) is 32.2 Å². The Morgan fingerprint density at radius 1 is 1.28 bits per heavy atom. The lowest BCUT2D eigenvalue weighted by Gasteiger charge is -2.17. The van der Waals surface area contributed by atoms with Crippen LogP contribution in [0.3, 0.4) is 0 Å². The van der Waals surface area contributed by atoms with Crippen molar-refractivity contribution in [3.63, 3.8) is 0 Å². The third-order valence-electron chi connectivity index (χ3n) is 5.40. The second kappa shape index (κ2) is 7.77. The van der Waals surface area contributed by atoms with E-state index in [4.69, 9.17) is 4.74 Å². The quantitative estimate of drug-likeness (QED) is 0.627. The highest BCUT2D eigenvalue weighted by molar-refractivity contribution is 5.93. The van der Waals surface area contributed by atoms with Crippen molar-refractivity contribution in [1.82, 2.24) is 19.9 Å². The molecule has 4 rings (SSSR count). The van der Waals surface area contributed by atoms with Crippen molar-refractivity contribution in [3.05, 3.63) is 76.0 Å². The van der Waals surface area contributed by atoms with Crippen LogP contribution in [0.15, 0.2) is 36.9 Å². The molecule has 0 bridgehead atoms. The second-order valence-electron chi connectivity index (χ2n) is 7.42. The molecule has 0 saturated heterocycles. The average molecular weight is 392 g/mol. The summed E-state index contributed by atoms with van der Waals surface area (Å²) in [4.78, 5) is 20.4. The second-order valence-corrected chi connectivity index (χ2v) is 7.42. The van der Waals surface area contributed by atoms with Gasteiger partial charge in [0.05, 0.1) is 17.4 Å². The molecule has 0 aliphatic carbocycles. The molecule has 29 heavy (non-hydrogen) atoms. The molecule has 1 aromatic carbocycles. The molecule has 3 heterocycles. The van der Waals surface area contributed by atoms with E-state index in [0.29, 0.717) is 18.7 Å². The summed E-state index contributed by atoms with van der Waals surface area (Å²) >= 11 is 0. The maximum absolute atomic E-state index is 11.7. The van der Waals surface area contributed by atoms with Crippen molar-refractivity contribution in [2.45, 2.75) is 40.0 Å². The molecule has 3 aromatic rings. The lowest BCUT2D eigenvalue weighted by atomic mass is 9.95. The van der Waals surface area contributed by atoms with Crippen LogP contribution in [0.5, 0.6) is 0 Å². The Balaban J connectivity index is 1.40. The first-order chi connectivity index (χ1) is 13.9. The number of fused-ring (bicyclic) bond motifs is 1. The molecule has 1 aliphatic rings. The minimum absolute atomic E-state index is 0.279. The summed E-state index contributed by atoms with van der Waals surface area (Å²) in [6, 6.07) is 5.57. The Labute approximate surface area is 169 Å². The lowest BCUT2D eigenvalue weighted by molar-refractivity contribution is 0.0535. The number of carbonyl (C=O) groups excluding carboxylic acids is 1. The van der Waals surface area contributed by atoms with Crippen LogP contribution in [-0.2, 0) is 17.9 Å². The summed E-state index contributed by atoms with van der Waals surface area (Å²) in [6.07, 6.45) is 4.87. The number of aliphatic hydroxyl groups excluding tert-OH is 1. The number of aliphatic hydroxyl groups is 1. The Bertz CT molecular complexity index is 1070. The molecule has 2 N–H and O–H groups in total. The number of hydrogen-bond donors (Lipinski definition) is 2. The van der Waals surface area contributed by atoms with E-state index in [2.05, 4.69) is 15.3 Å². The van der Waals surface area contributed by atoms with E-state index in [1.807, 2.05) is 49.9 Å². The fourth-order valence-corrected chi connectivity index (χ4v) is 3.62. The van der Waals surface area contributed by atoms with Gasteiger partial charge in [0.15, 0.2) is 0 Å². The number of cyclic esters (lactones) is 1. The number of ether oxygens (including phenoxy) is 1. The predicted molar refractivity (Wildman–Crippen MR) is 108 cm³/mol. The molecular formula is C22H24N4O3. The van der Waals surface area contributed by atoms with E-state index < -0.39 is 6.10 Å². The van der Waals surface area contributed by atoms with Gasteiger partial charge in [0, 0.05) is 31.0 Å². The summed E-state index contributed by atoms with van der Waals surface area (Å²) in [7, 11) is 0. The number of benzene rings is 1. The molecule has 1 aliphatic heterocycles.